The molecule has 3 heterocycles. The second-order valence-electron chi connectivity index (χ2n) is 9.46. The van der Waals surface area contributed by atoms with Crippen LogP contribution in [0.4, 0.5) is 0 Å². The molecule has 184 valence electrons. The van der Waals surface area contributed by atoms with Gasteiger partial charge in [-0.3, -0.25) is 4.40 Å². The van der Waals surface area contributed by atoms with Crippen LogP contribution in [0, 0.1) is 11.3 Å². The Morgan fingerprint density at radius 3 is 2.47 bits per heavy atom. The molecule has 0 radical (unpaired) electrons. The molecular formula is C29H31N5O2. The maximum Gasteiger partial charge on any atom is 0.258 e. The quantitative estimate of drug-likeness (QED) is 0.442. The van der Waals surface area contributed by atoms with Crippen LogP contribution in [-0.2, 0) is 6.42 Å². The summed E-state index contributed by atoms with van der Waals surface area (Å²) in [4.78, 5) is 11.6. The molecule has 6 rings (SSSR count). The summed E-state index contributed by atoms with van der Waals surface area (Å²) in [7, 11) is 3.77. The Morgan fingerprint density at radius 2 is 1.81 bits per heavy atom. The number of nitrogens with zero attached hydrogens (tertiary/aromatic N) is 5. The molecule has 0 saturated carbocycles. The molecule has 2 aromatic carbocycles. The average Bonchev–Trinajstić information content (AvgIpc) is 3.55. The van der Waals surface area contributed by atoms with E-state index in [0.29, 0.717) is 17.1 Å². The minimum absolute atomic E-state index is 0.390. The average molecular weight is 482 g/mol. The fourth-order valence-corrected chi connectivity index (χ4v) is 5.07. The van der Waals surface area contributed by atoms with Crippen LogP contribution >= 0.6 is 0 Å². The number of nitriles is 1. The largest absolute Gasteiger partial charge is 0.478 e. The monoisotopic (exact) mass is 481 g/mol. The molecule has 7 nitrogen and oxygen atoms in total. The lowest BCUT2D eigenvalue weighted by atomic mass is 9.99. The first kappa shape index (κ1) is 24.0. The van der Waals surface area contributed by atoms with Crippen molar-refractivity contribution in [1.82, 2.24) is 19.3 Å². The molecule has 0 amide bonds. The number of hydrogen-bond acceptors (Lipinski definition) is 6. The zero-order valence-corrected chi connectivity index (χ0v) is 20.8. The number of aromatic nitrogens is 3. The van der Waals surface area contributed by atoms with Gasteiger partial charge in [-0.05, 0) is 75.1 Å². The van der Waals surface area contributed by atoms with Crippen molar-refractivity contribution in [2.45, 2.75) is 38.2 Å². The van der Waals surface area contributed by atoms with Gasteiger partial charge in [0, 0.05) is 23.5 Å². The van der Waals surface area contributed by atoms with Crippen LogP contribution in [0.25, 0.3) is 28.2 Å². The van der Waals surface area contributed by atoms with Gasteiger partial charge in [0.2, 0.25) is 5.65 Å². The number of methoxy groups -OCH3 is 1. The van der Waals surface area contributed by atoms with Gasteiger partial charge in [-0.15, -0.1) is 0 Å². The molecule has 0 bridgehead atoms. The minimum Gasteiger partial charge on any atom is -0.478 e. The highest BCUT2D eigenvalue weighted by atomic mass is 16.5. The highest BCUT2D eigenvalue weighted by Gasteiger charge is 2.23. The molecule has 1 N–H and O–H groups in total. The molecule has 7 heteroatoms. The van der Waals surface area contributed by atoms with Gasteiger partial charge in [0.05, 0.1) is 36.2 Å². The zero-order valence-electron chi connectivity index (χ0n) is 20.8. The number of fused-ring (bicyclic) bond motifs is 2. The third kappa shape index (κ3) is 4.70. The van der Waals surface area contributed by atoms with E-state index in [1.54, 1.807) is 25.4 Å². The maximum atomic E-state index is 10.2. The Hall–Kier alpha value is -3.73. The van der Waals surface area contributed by atoms with Crippen LogP contribution < -0.4 is 4.74 Å². The lowest BCUT2D eigenvalue weighted by Crippen LogP contribution is -2.24. The van der Waals surface area contributed by atoms with Crippen molar-refractivity contribution in [1.29, 1.82) is 5.26 Å². The summed E-state index contributed by atoms with van der Waals surface area (Å²) >= 11 is 0. The van der Waals surface area contributed by atoms with Gasteiger partial charge in [-0.1, -0.05) is 30.7 Å². The van der Waals surface area contributed by atoms with Gasteiger partial charge < -0.3 is 14.7 Å². The summed E-state index contributed by atoms with van der Waals surface area (Å²) < 4.78 is 7.47. The van der Waals surface area contributed by atoms with Crippen LogP contribution in [0.1, 0.15) is 48.5 Å². The number of rotatable bonds is 3. The van der Waals surface area contributed by atoms with E-state index in [1.165, 1.54) is 32.4 Å². The first-order valence-electron chi connectivity index (χ1n) is 12.5. The molecule has 36 heavy (non-hydrogen) atoms. The van der Waals surface area contributed by atoms with Crippen molar-refractivity contribution in [2.75, 3.05) is 27.2 Å². The van der Waals surface area contributed by atoms with Gasteiger partial charge >= 0.3 is 0 Å². The maximum absolute atomic E-state index is 10.2. The van der Waals surface area contributed by atoms with Crippen molar-refractivity contribution in [2.24, 2.45) is 0 Å². The van der Waals surface area contributed by atoms with E-state index in [-0.39, 0.29) is 6.10 Å². The molecule has 2 aromatic heterocycles. The van der Waals surface area contributed by atoms with Crippen LogP contribution in [0.15, 0.2) is 54.9 Å². The number of aliphatic hydroxyl groups is 1. The lowest BCUT2D eigenvalue weighted by Gasteiger charge is -2.20. The SMILES string of the molecule is CN1CCCCC1.COc1nc(-c2ccc(C#N)cc2)c(-c2ccc3c(c2)CCC3O)n2ccnc12. The molecule has 1 aliphatic carbocycles. The molecule has 2 aliphatic rings. The van der Waals surface area contributed by atoms with Crippen molar-refractivity contribution in [3.8, 4) is 34.5 Å². The minimum atomic E-state index is -0.390. The number of aliphatic hydroxyl groups excluding tert-OH is 1. The second-order valence-corrected chi connectivity index (χ2v) is 9.46. The fourth-order valence-electron chi connectivity index (χ4n) is 5.07. The third-order valence-electron chi connectivity index (χ3n) is 7.03. The Morgan fingerprint density at radius 1 is 1.06 bits per heavy atom. The molecular weight excluding hydrogens is 450 g/mol. The fraction of sp³-hybridized carbons (Fsp3) is 0.345. The van der Waals surface area contributed by atoms with Gasteiger partial charge in [0.15, 0.2) is 0 Å². The van der Waals surface area contributed by atoms with E-state index in [1.807, 2.05) is 34.9 Å². The van der Waals surface area contributed by atoms with E-state index >= 15 is 0 Å². The Kier molecular flexibility index (Phi) is 6.99. The highest BCUT2D eigenvalue weighted by molar-refractivity contribution is 5.82. The van der Waals surface area contributed by atoms with Crippen molar-refractivity contribution >= 4 is 5.65 Å². The molecule has 1 unspecified atom stereocenters. The molecule has 1 fully saturated rings. The summed E-state index contributed by atoms with van der Waals surface area (Å²) in [5.41, 5.74) is 6.91. The Bertz CT molecular complexity index is 1400. The number of likely N-dealkylation sites (tertiary alicyclic amines) is 1. The summed E-state index contributed by atoms with van der Waals surface area (Å²) in [5, 5.41) is 19.3. The van der Waals surface area contributed by atoms with E-state index in [4.69, 9.17) is 15.0 Å². The van der Waals surface area contributed by atoms with Gasteiger partial charge in [0.25, 0.3) is 5.88 Å². The first-order chi connectivity index (χ1) is 17.6. The Balaban J connectivity index is 0.000000330. The molecule has 1 saturated heterocycles. The number of piperidine rings is 1. The first-order valence-corrected chi connectivity index (χ1v) is 12.5. The molecule has 4 aromatic rings. The topological polar surface area (TPSA) is 86.7 Å². The van der Waals surface area contributed by atoms with Crippen LogP contribution in [0.3, 0.4) is 0 Å². The third-order valence-corrected chi connectivity index (χ3v) is 7.03. The zero-order chi connectivity index (χ0) is 25.1. The normalized spacial score (nSPS) is 17.2. The molecule has 1 atom stereocenters. The van der Waals surface area contributed by atoms with Gasteiger partial charge in [-0.2, -0.15) is 5.26 Å². The van der Waals surface area contributed by atoms with E-state index in [9.17, 15) is 5.11 Å². The summed E-state index contributed by atoms with van der Waals surface area (Å²) in [6, 6.07) is 15.6. The van der Waals surface area contributed by atoms with Crippen LogP contribution in [-0.4, -0.2) is 51.6 Å². The van der Waals surface area contributed by atoms with Crippen molar-refractivity contribution in [3.63, 3.8) is 0 Å². The standard InChI is InChI=1S/C23H18N4O2.C6H13N/c1-29-23-22-25-10-11-27(22)21(17-6-8-18-16(12-17)7-9-19(18)28)20(26-23)15-4-2-14(13-24)3-5-15;1-7-5-3-2-4-6-7/h2-6,8,10-12,19,28H,7,9H2,1H3;2-6H2,1H3. The number of ether oxygens (including phenoxy) is 1. The Labute approximate surface area is 211 Å². The summed E-state index contributed by atoms with van der Waals surface area (Å²) in [6.07, 6.45) is 9.11. The van der Waals surface area contributed by atoms with E-state index in [0.717, 1.165) is 46.5 Å². The van der Waals surface area contributed by atoms with E-state index in [2.05, 4.69) is 29.1 Å². The summed E-state index contributed by atoms with van der Waals surface area (Å²) in [6.45, 7) is 2.64. The van der Waals surface area contributed by atoms with Gasteiger partial charge in [-0.25, -0.2) is 9.97 Å². The van der Waals surface area contributed by atoms with E-state index < -0.39 is 0 Å². The lowest BCUT2D eigenvalue weighted by molar-refractivity contribution is 0.180. The smallest absolute Gasteiger partial charge is 0.258 e. The van der Waals surface area contributed by atoms with Gasteiger partial charge in [0.1, 0.15) is 0 Å². The molecule has 1 aliphatic heterocycles. The van der Waals surface area contributed by atoms with Crippen molar-refractivity contribution in [3.05, 3.63) is 71.5 Å². The van der Waals surface area contributed by atoms with Crippen LogP contribution in [0.2, 0.25) is 0 Å². The predicted octanol–water partition coefficient (Wildman–Crippen LogP) is 5.03. The number of benzene rings is 2. The molecule has 0 spiro atoms. The van der Waals surface area contributed by atoms with Crippen molar-refractivity contribution < 1.29 is 9.84 Å². The van der Waals surface area contributed by atoms with Crippen LogP contribution in [0.5, 0.6) is 5.88 Å². The predicted molar refractivity (Wildman–Crippen MR) is 140 cm³/mol. The number of aryl methyl sites for hydroxylation is 1. The number of imidazole rings is 1. The summed E-state index contributed by atoms with van der Waals surface area (Å²) in [5.74, 6) is 0.440. The highest BCUT2D eigenvalue weighted by Crippen LogP contribution is 2.38. The second kappa shape index (κ2) is 10.5. The number of hydrogen-bond donors (Lipinski definition) is 1.